The molecule has 0 aliphatic rings. The van der Waals surface area contributed by atoms with Crippen molar-refractivity contribution in [2.45, 2.75) is 25.8 Å². The van der Waals surface area contributed by atoms with Crippen molar-refractivity contribution in [2.24, 2.45) is 0 Å². The third-order valence-electron chi connectivity index (χ3n) is 2.94. The molecule has 1 aromatic carbocycles. The third kappa shape index (κ3) is 6.76. The molecule has 116 valence electrons. The van der Waals surface area contributed by atoms with Crippen LogP contribution in [0.3, 0.4) is 0 Å². The number of rotatable bonds is 8. The number of amides is 2. The molecule has 3 N–H and O–H groups in total. The molecular formula is C15H22N2O4. The lowest BCUT2D eigenvalue weighted by Gasteiger charge is -2.07. The Bertz CT molecular complexity index is 445. The maximum atomic E-state index is 11.6. The number of methoxy groups -OCH3 is 1. The van der Waals surface area contributed by atoms with E-state index in [0.717, 1.165) is 24.2 Å². The Morgan fingerprint density at radius 3 is 2.33 bits per heavy atom. The fourth-order valence-corrected chi connectivity index (χ4v) is 1.70. The molecule has 21 heavy (non-hydrogen) atoms. The van der Waals surface area contributed by atoms with Crippen molar-refractivity contribution in [3.63, 3.8) is 0 Å². The van der Waals surface area contributed by atoms with Crippen molar-refractivity contribution in [3.8, 4) is 5.75 Å². The van der Waals surface area contributed by atoms with E-state index in [1.54, 1.807) is 19.2 Å². The zero-order chi connectivity index (χ0) is 15.5. The van der Waals surface area contributed by atoms with Crippen LogP contribution in [-0.2, 0) is 16.1 Å². The van der Waals surface area contributed by atoms with Crippen LogP contribution in [0.5, 0.6) is 5.75 Å². The molecule has 0 heterocycles. The molecule has 6 nitrogen and oxygen atoms in total. The van der Waals surface area contributed by atoms with Gasteiger partial charge in [-0.2, -0.15) is 0 Å². The average Bonchev–Trinajstić information content (AvgIpc) is 2.52. The smallest absolute Gasteiger partial charge is 0.309 e. The minimum absolute atomic E-state index is 0.149. The van der Waals surface area contributed by atoms with Crippen LogP contribution in [-0.4, -0.2) is 37.2 Å². The molecule has 2 amide bonds. The van der Waals surface area contributed by atoms with Crippen molar-refractivity contribution in [2.75, 3.05) is 20.3 Å². The number of hydrogen-bond acceptors (Lipinski definition) is 4. The number of aliphatic hydroxyl groups excluding tert-OH is 1. The standard InChI is InChI=1S/C15H22N2O4/c1-21-13-7-5-12(6-8-13)11-17-15(20)14(19)16-9-3-2-4-10-18/h5-8,18H,2-4,9-11H2,1H3,(H,16,19)(H,17,20). The Labute approximate surface area is 124 Å². The van der Waals surface area contributed by atoms with Gasteiger partial charge in [-0.3, -0.25) is 9.59 Å². The van der Waals surface area contributed by atoms with E-state index >= 15 is 0 Å². The normalized spacial score (nSPS) is 10.0. The zero-order valence-electron chi connectivity index (χ0n) is 12.2. The fourth-order valence-electron chi connectivity index (χ4n) is 1.70. The Balaban J connectivity index is 2.24. The minimum Gasteiger partial charge on any atom is -0.497 e. The van der Waals surface area contributed by atoms with E-state index in [0.29, 0.717) is 19.5 Å². The number of aliphatic hydroxyl groups is 1. The molecule has 1 aromatic rings. The van der Waals surface area contributed by atoms with Gasteiger partial charge in [0.2, 0.25) is 0 Å². The second kappa shape index (κ2) is 9.77. The van der Waals surface area contributed by atoms with Crippen molar-refractivity contribution in [1.82, 2.24) is 10.6 Å². The van der Waals surface area contributed by atoms with Gasteiger partial charge in [0.05, 0.1) is 7.11 Å². The molecule has 0 aliphatic heterocycles. The Hall–Kier alpha value is -2.08. The molecule has 0 aromatic heterocycles. The molecule has 0 bridgehead atoms. The van der Waals surface area contributed by atoms with E-state index < -0.39 is 11.8 Å². The summed E-state index contributed by atoms with van der Waals surface area (Å²) in [5.41, 5.74) is 0.889. The number of nitrogens with one attached hydrogen (secondary N) is 2. The number of unbranched alkanes of at least 4 members (excludes halogenated alkanes) is 2. The molecular weight excluding hydrogens is 272 g/mol. The highest BCUT2D eigenvalue weighted by molar-refractivity contribution is 6.35. The molecule has 0 atom stereocenters. The summed E-state index contributed by atoms with van der Waals surface area (Å²) in [6.07, 6.45) is 2.28. The molecule has 0 spiro atoms. The first-order valence-corrected chi connectivity index (χ1v) is 6.97. The van der Waals surface area contributed by atoms with Gasteiger partial charge in [0.15, 0.2) is 0 Å². The predicted molar refractivity (Wildman–Crippen MR) is 78.8 cm³/mol. The van der Waals surface area contributed by atoms with Gasteiger partial charge in [-0.05, 0) is 37.0 Å². The number of ether oxygens (including phenoxy) is 1. The quantitative estimate of drug-likeness (QED) is 0.484. The molecule has 0 unspecified atom stereocenters. The third-order valence-corrected chi connectivity index (χ3v) is 2.94. The topological polar surface area (TPSA) is 87.7 Å². The lowest BCUT2D eigenvalue weighted by molar-refractivity contribution is -0.139. The van der Waals surface area contributed by atoms with Gasteiger partial charge in [-0.1, -0.05) is 12.1 Å². The lowest BCUT2D eigenvalue weighted by Crippen LogP contribution is -2.39. The van der Waals surface area contributed by atoms with Crippen molar-refractivity contribution in [3.05, 3.63) is 29.8 Å². The molecule has 0 radical (unpaired) electrons. The monoisotopic (exact) mass is 294 g/mol. The van der Waals surface area contributed by atoms with E-state index in [2.05, 4.69) is 10.6 Å². The second-order valence-electron chi connectivity index (χ2n) is 4.57. The van der Waals surface area contributed by atoms with Gasteiger partial charge in [0.1, 0.15) is 5.75 Å². The summed E-state index contributed by atoms with van der Waals surface area (Å²) in [6, 6.07) is 7.24. The first-order chi connectivity index (χ1) is 10.2. The summed E-state index contributed by atoms with van der Waals surface area (Å²) in [5, 5.41) is 13.7. The van der Waals surface area contributed by atoms with Crippen molar-refractivity contribution < 1.29 is 19.4 Å². The molecule has 0 fully saturated rings. The van der Waals surface area contributed by atoms with Gasteiger partial charge in [0.25, 0.3) is 0 Å². The van der Waals surface area contributed by atoms with Crippen LogP contribution in [0.15, 0.2) is 24.3 Å². The van der Waals surface area contributed by atoms with Crippen LogP contribution in [0.2, 0.25) is 0 Å². The summed E-state index contributed by atoms with van der Waals surface area (Å²) in [5.74, 6) is -0.536. The molecule has 0 aliphatic carbocycles. The summed E-state index contributed by atoms with van der Waals surface area (Å²) < 4.78 is 5.04. The van der Waals surface area contributed by atoms with E-state index in [4.69, 9.17) is 9.84 Å². The number of hydrogen-bond donors (Lipinski definition) is 3. The summed E-state index contributed by atoms with van der Waals surface area (Å²) in [7, 11) is 1.58. The predicted octanol–water partition coefficient (Wildman–Crippen LogP) is 0.590. The van der Waals surface area contributed by atoms with Gasteiger partial charge < -0.3 is 20.5 Å². The minimum atomic E-state index is -0.645. The Morgan fingerprint density at radius 1 is 1.05 bits per heavy atom. The van der Waals surface area contributed by atoms with E-state index in [9.17, 15) is 9.59 Å². The first-order valence-electron chi connectivity index (χ1n) is 6.97. The molecule has 6 heteroatoms. The summed E-state index contributed by atoms with van der Waals surface area (Å²) in [4.78, 5) is 23.1. The molecule has 0 saturated carbocycles. The van der Waals surface area contributed by atoms with Crippen molar-refractivity contribution in [1.29, 1.82) is 0 Å². The fraction of sp³-hybridized carbons (Fsp3) is 0.467. The van der Waals surface area contributed by atoms with Gasteiger partial charge in [-0.25, -0.2) is 0 Å². The SMILES string of the molecule is COc1ccc(CNC(=O)C(=O)NCCCCCO)cc1. The molecule has 0 saturated heterocycles. The van der Waals surface area contributed by atoms with Crippen LogP contribution in [0, 0.1) is 0 Å². The van der Waals surface area contributed by atoms with Gasteiger partial charge in [0, 0.05) is 19.7 Å². The highest BCUT2D eigenvalue weighted by Gasteiger charge is 2.11. The maximum Gasteiger partial charge on any atom is 0.309 e. The maximum absolute atomic E-state index is 11.6. The van der Waals surface area contributed by atoms with Crippen LogP contribution in [0.25, 0.3) is 0 Å². The van der Waals surface area contributed by atoms with Crippen LogP contribution >= 0.6 is 0 Å². The lowest BCUT2D eigenvalue weighted by atomic mass is 10.2. The Morgan fingerprint density at radius 2 is 1.71 bits per heavy atom. The first kappa shape index (κ1) is 17.0. The highest BCUT2D eigenvalue weighted by atomic mass is 16.5. The van der Waals surface area contributed by atoms with E-state index in [1.807, 2.05) is 12.1 Å². The number of benzene rings is 1. The number of carbonyl (C=O) groups is 2. The number of carbonyl (C=O) groups excluding carboxylic acids is 2. The van der Waals surface area contributed by atoms with Crippen molar-refractivity contribution >= 4 is 11.8 Å². The average molecular weight is 294 g/mol. The second-order valence-corrected chi connectivity index (χ2v) is 4.57. The molecule has 1 rings (SSSR count). The Kier molecular flexibility index (Phi) is 7.89. The summed E-state index contributed by atoms with van der Waals surface area (Å²) >= 11 is 0. The van der Waals surface area contributed by atoms with Crippen LogP contribution in [0.1, 0.15) is 24.8 Å². The van der Waals surface area contributed by atoms with Gasteiger partial charge in [-0.15, -0.1) is 0 Å². The largest absolute Gasteiger partial charge is 0.497 e. The van der Waals surface area contributed by atoms with Crippen LogP contribution in [0.4, 0.5) is 0 Å². The van der Waals surface area contributed by atoms with E-state index in [-0.39, 0.29) is 6.61 Å². The van der Waals surface area contributed by atoms with E-state index in [1.165, 1.54) is 0 Å². The summed E-state index contributed by atoms with van der Waals surface area (Å²) in [6.45, 7) is 0.881. The highest BCUT2D eigenvalue weighted by Crippen LogP contribution is 2.10. The van der Waals surface area contributed by atoms with Gasteiger partial charge >= 0.3 is 11.8 Å². The van der Waals surface area contributed by atoms with Crippen LogP contribution < -0.4 is 15.4 Å². The zero-order valence-corrected chi connectivity index (χ0v) is 12.2.